The summed E-state index contributed by atoms with van der Waals surface area (Å²) in [4.78, 5) is 20.0. The lowest BCUT2D eigenvalue weighted by atomic mass is 10.2. The van der Waals surface area contributed by atoms with E-state index in [9.17, 15) is 0 Å². The fraction of sp³-hybridized carbons (Fsp3) is 0.294. The van der Waals surface area contributed by atoms with E-state index in [1.54, 1.807) is 17.7 Å². The zero-order chi connectivity index (χ0) is 16.4. The average Bonchev–Trinajstić information content (AvgIpc) is 3.09. The van der Waals surface area contributed by atoms with Crippen molar-refractivity contribution < 1.29 is 4.74 Å². The van der Waals surface area contributed by atoms with Crippen molar-refractivity contribution in [3.8, 4) is 11.4 Å². The van der Waals surface area contributed by atoms with E-state index in [2.05, 4.69) is 24.8 Å². The first-order valence-electron chi connectivity index (χ1n) is 7.82. The smallest absolute Gasteiger partial charge is 0.229 e. The molecule has 0 aliphatic carbocycles. The van der Waals surface area contributed by atoms with Crippen LogP contribution in [0.15, 0.2) is 42.0 Å². The number of benzene rings is 1. The van der Waals surface area contributed by atoms with Gasteiger partial charge in [0, 0.05) is 23.2 Å². The Bertz CT molecular complexity index is 823. The molecule has 24 heavy (non-hydrogen) atoms. The van der Waals surface area contributed by atoms with Crippen LogP contribution in [0.5, 0.6) is 0 Å². The van der Waals surface area contributed by atoms with Crippen molar-refractivity contribution >= 4 is 17.3 Å². The predicted octanol–water partition coefficient (Wildman–Crippen LogP) is 2.88. The van der Waals surface area contributed by atoms with Gasteiger partial charge >= 0.3 is 0 Å². The lowest BCUT2D eigenvalue weighted by Gasteiger charge is -2.31. The monoisotopic (exact) mass is 339 g/mol. The summed E-state index contributed by atoms with van der Waals surface area (Å²) in [6, 6.07) is 9.94. The maximum absolute atomic E-state index is 5.88. The number of hydrogen-bond donors (Lipinski definition) is 0. The number of hydrogen-bond acceptors (Lipinski definition) is 7. The normalized spacial score (nSPS) is 17.9. The molecule has 1 fully saturated rings. The zero-order valence-electron chi connectivity index (χ0n) is 13.3. The molecule has 6 nitrogen and oxygen atoms in total. The average molecular weight is 339 g/mol. The van der Waals surface area contributed by atoms with Gasteiger partial charge in [0.1, 0.15) is 17.4 Å². The van der Waals surface area contributed by atoms with E-state index in [1.165, 1.54) is 0 Å². The molecule has 0 radical (unpaired) electrons. The van der Waals surface area contributed by atoms with E-state index >= 15 is 0 Å². The molecule has 1 unspecified atom stereocenters. The van der Waals surface area contributed by atoms with Crippen molar-refractivity contribution in [2.24, 2.45) is 0 Å². The molecule has 122 valence electrons. The van der Waals surface area contributed by atoms with E-state index < -0.39 is 0 Å². The van der Waals surface area contributed by atoms with Crippen molar-refractivity contribution in [3.05, 3.63) is 52.7 Å². The second-order valence-electron chi connectivity index (χ2n) is 5.61. The van der Waals surface area contributed by atoms with Gasteiger partial charge in [0.2, 0.25) is 5.95 Å². The molecule has 0 bridgehead atoms. The van der Waals surface area contributed by atoms with Gasteiger partial charge in [-0.05, 0) is 6.92 Å². The molecule has 1 atom stereocenters. The molecule has 1 aliphatic rings. The number of morpholine rings is 1. The summed E-state index contributed by atoms with van der Waals surface area (Å²) in [6.45, 7) is 4.10. The lowest BCUT2D eigenvalue weighted by Crippen LogP contribution is -2.39. The molecule has 7 heteroatoms. The summed E-state index contributed by atoms with van der Waals surface area (Å²) in [6.07, 6.45) is 1.54. The third-order valence-electron chi connectivity index (χ3n) is 3.85. The van der Waals surface area contributed by atoms with Crippen LogP contribution >= 0.6 is 11.3 Å². The van der Waals surface area contributed by atoms with Gasteiger partial charge < -0.3 is 9.64 Å². The predicted molar refractivity (Wildman–Crippen MR) is 93.0 cm³/mol. The van der Waals surface area contributed by atoms with E-state index in [4.69, 9.17) is 4.74 Å². The van der Waals surface area contributed by atoms with Crippen LogP contribution in [0.4, 0.5) is 5.95 Å². The van der Waals surface area contributed by atoms with Gasteiger partial charge in [0.15, 0.2) is 5.82 Å². The van der Waals surface area contributed by atoms with Gasteiger partial charge in [-0.1, -0.05) is 30.3 Å². The Balaban J connectivity index is 1.57. The van der Waals surface area contributed by atoms with Crippen molar-refractivity contribution in [2.45, 2.75) is 13.0 Å². The first-order chi connectivity index (χ1) is 11.8. The number of ether oxygens (including phenoxy) is 1. The molecule has 0 saturated carbocycles. The molecular formula is C17H17N5OS. The Kier molecular flexibility index (Phi) is 4.18. The van der Waals surface area contributed by atoms with Crippen LogP contribution in [0.2, 0.25) is 0 Å². The highest BCUT2D eigenvalue weighted by Gasteiger charge is 2.26. The summed E-state index contributed by atoms with van der Waals surface area (Å²) >= 11 is 1.64. The topological polar surface area (TPSA) is 64.0 Å². The molecule has 0 amide bonds. The number of rotatable bonds is 3. The third kappa shape index (κ3) is 3.13. The Hall–Kier alpha value is -2.38. The fourth-order valence-corrected chi connectivity index (χ4v) is 3.50. The standard InChI is InChI=1S/C17H17N5OS/c1-12-10-24-16(20-12)14-9-22(7-8-23-14)17-19-11-18-15(21-17)13-5-3-2-4-6-13/h2-6,10-11,14H,7-9H2,1H3. The quantitative estimate of drug-likeness (QED) is 0.731. The Morgan fingerprint density at radius 2 is 2.04 bits per heavy atom. The summed E-state index contributed by atoms with van der Waals surface area (Å²) < 4.78 is 5.88. The molecule has 0 spiro atoms. The number of anilines is 1. The highest BCUT2D eigenvalue weighted by atomic mass is 32.1. The Morgan fingerprint density at radius 1 is 1.17 bits per heavy atom. The number of nitrogens with zero attached hydrogens (tertiary/aromatic N) is 5. The van der Waals surface area contributed by atoms with Crippen LogP contribution < -0.4 is 4.90 Å². The molecule has 4 rings (SSSR count). The van der Waals surface area contributed by atoms with E-state index in [1.807, 2.05) is 42.6 Å². The first kappa shape index (κ1) is 15.2. The summed E-state index contributed by atoms with van der Waals surface area (Å²) in [7, 11) is 0. The van der Waals surface area contributed by atoms with Crippen molar-refractivity contribution in [1.82, 2.24) is 19.9 Å². The van der Waals surface area contributed by atoms with Crippen LogP contribution in [0.25, 0.3) is 11.4 Å². The van der Waals surface area contributed by atoms with Gasteiger partial charge in [-0.3, -0.25) is 0 Å². The van der Waals surface area contributed by atoms with E-state index in [0.717, 1.165) is 22.8 Å². The molecule has 1 aliphatic heterocycles. The molecule has 2 aromatic heterocycles. The third-order valence-corrected chi connectivity index (χ3v) is 4.91. The molecule has 0 N–H and O–H groups in total. The number of aromatic nitrogens is 4. The molecule has 1 saturated heterocycles. The van der Waals surface area contributed by atoms with E-state index in [-0.39, 0.29) is 6.10 Å². The minimum absolute atomic E-state index is 0.0330. The maximum atomic E-state index is 5.88. The first-order valence-corrected chi connectivity index (χ1v) is 8.70. The van der Waals surface area contributed by atoms with Crippen LogP contribution in [-0.2, 0) is 4.74 Å². The minimum atomic E-state index is -0.0330. The largest absolute Gasteiger partial charge is 0.367 e. The highest BCUT2D eigenvalue weighted by molar-refractivity contribution is 7.09. The van der Waals surface area contributed by atoms with E-state index in [0.29, 0.717) is 24.9 Å². The molecular weight excluding hydrogens is 322 g/mol. The molecule has 3 heterocycles. The van der Waals surface area contributed by atoms with Crippen LogP contribution in [0, 0.1) is 6.92 Å². The van der Waals surface area contributed by atoms with Gasteiger partial charge in [-0.15, -0.1) is 11.3 Å². The highest BCUT2D eigenvalue weighted by Crippen LogP contribution is 2.27. The Morgan fingerprint density at radius 3 is 2.83 bits per heavy atom. The summed E-state index contributed by atoms with van der Waals surface area (Å²) in [5, 5.41) is 3.06. The summed E-state index contributed by atoms with van der Waals surface area (Å²) in [5.41, 5.74) is 2.02. The van der Waals surface area contributed by atoms with Gasteiger partial charge in [-0.2, -0.15) is 4.98 Å². The zero-order valence-corrected chi connectivity index (χ0v) is 14.1. The summed E-state index contributed by atoms with van der Waals surface area (Å²) in [5.74, 6) is 1.37. The lowest BCUT2D eigenvalue weighted by molar-refractivity contribution is 0.0390. The SMILES string of the molecule is Cc1csc(C2CN(c3ncnc(-c4ccccc4)n3)CCO2)n1. The van der Waals surface area contributed by atoms with Crippen LogP contribution in [-0.4, -0.2) is 39.6 Å². The van der Waals surface area contributed by atoms with Crippen molar-refractivity contribution in [3.63, 3.8) is 0 Å². The maximum Gasteiger partial charge on any atom is 0.229 e. The van der Waals surface area contributed by atoms with Crippen molar-refractivity contribution in [2.75, 3.05) is 24.6 Å². The van der Waals surface area contributed by atoms with Gasteiger partial charge in [0.05, 0.1) is 13.2 Å². The molecule has 1 aromatic carbocycles. The minimum Gasteiger partial charge on any atom is -0.367 e. The second-order valence-corrected chi connectivity index (χ2v) is 6.50. The van der Waals surface area contributed by atoms with Crippen LogP contribution in [0.3, 0.4) is 0 Å². The second kappa shape index (κ2) is 6.62. The number of thiazole rings is 1. The Labute approximate surface area is 144 Å². The van der Waals surface area contributed by atoms with Crippen molar-refractivity contribution in [1.29, 1.82) is 0 Å². The van der Waals surface area contributed by atoms with Gasteiger partial charge in [0.25, 0.3) is 0 Å². The van der Waals surface area contributed by atoms with Crippen LogP contribution in [0.1, 0.15) is 16.8 Å². The number of aryl methyl sites for hydroxylation is 1. The fourth-order valence-electron chi connectivity index (χ4n) is 2.67. The molecule has 3 aromatic rings. The van der Waals surface area contributed by atoms with Gasteiger partial charge in [-0.25, -0.2) is 15.0 Å².